The highest BCUT2D eigenvalue weighted by Gasteiger charge is 2.21. The highest BCUT2D eigenvalue weighted by Crippen LogP contribution is 2.32. The molecule has 0 saturated heterocycles. The average molecular weight is 462 g/mol. The molecule has 34 heavy (non-hydrogen) atoms. The molecule has 0 aliphatic carbocycles. The lowest BCUT2D eigenvalue weighted by atomic mass is 10.1. The van der Waals surface area contributed by atoms with Gasteiger partial charge in [-0.3, -0.25) is 0 Å². The van der Waals surface area contributed by atoms with Crippen LogP contribution in [0.4, 0.5) is 0 Å². The summed E-state index contributed by atoms with van der Waals surface area (Å²) in [4.78, 5) is 25.7. The molecule has 178 valence electrons. The smallest absolute Gasteiger partial charge is 0.343 e. The Bertz CT molecular complexity index is 1180. The Balaban J connectivity index is 1.92. The summed E-state index contributed by atoms with van der Waals surface area (Å²) in [5.41, 5.74) is 2.70. The Labute approximate surface area is 200 Å². The molecule has 0 aliphatic rings. The second kappa shape index (κ2) is 10.6. The van der Waals surface area contributed by atoms with Crippen LogP contribution in [-0.2, 0) is 0 Å². The van der Waals surface area contributed by atoms with Gasteiger partial charge >= 0.3 is 11.9 Å². The number of benzene rings is 3. The molecule has 0 aliphatic heterocycles. The van der Waals surface area contributed by atoms with E-state index in [1.165, 1.54) is 12.1 Å². The third-order valence-electron chi connectivity index (χ3n) is 5.31. The molecular weight excluding hydrogens is 430 g/mol. The molecule has 0 heterocycles. The van der Waals surface area contributed by atoms with Crippen LogP contribution in [-0.4, -0.2) is 29.1 Å². The molecule has 0 aromatic heterocycles. The number of hydrogen-bond acceptors (Lipinski definition) is 6. The van der Waals surface area contributed by atoms with Crippen LogP contribution in [0.1, 0.15) is 64.3 Å². The van der Waals surface area contributed by atoms with E-state index >= 15 is 0 Å². The van der Waals surface area contributed by atoms with Crippen molar-refractivity contribution in [1.82, 2.24) is 5.32 Å². The maximum absolute atomic E-state index is 12.9. The largest absolute Gasteiger partial charge is 0.419 e. The minimum atomic E-state index is -0.851. The lowest BCUT2D eigenvalue weighted by Gasteiger charge is -2.23. The molecular formula is C28H31NO5. The van der Waals surface area contributed by atoms with Crippen LogP contribution in [0.25, 0.3) is 0 Å². The molecule has 0 fully saturated rings. The van der Waals surface area contributed by atoms with Crippen LogP contribution in [0.2, 0.25) is 0 Å². The van der Waals surface area contributed by atoms with Crippen molar-refractivity contribution in [2.24, 2.45) is 0 Å². The topological polar surface area (TPSA) is 84.9 Å². The molecule has 6 heteroatoms. The zero-order valence-corrected chi connectivity index (χ0v) is 20.2. The van der Waals surface area contributed by atoms with Crippen LogP contribution < -0.4 is 14.8 Å². The van der Waals surface area contributed by atoms with Crippen LogP contribution in [0.3, 0.4) is 0 Å². The Hall–Kier alpha value is -3.48. The molecule has 0 unspecified atom stereocenters. The third-order valence-corrected chi connectivity index (χ3v) is 5.31. The Morgan fingerprint density at radius 1 is 0.824 bits per heavy atom. The summed E-state index contributed by atoms with van der Waals surface area (Å²) >= 11 is 0. The molecule has 3 aromatic carbocycles. The lowest BCUT2D eigenvalue weighted by molar-refractivity contribution is 0.0680. The third kappa shape index (κ3) is 6.53. The van der Waals surface area contributed by atoms with Crippen molar-refractivity contribution in [3.63, 3.8) is 0 Å². The van der Waals surface area contributed by atoms with Crippen molar-refractivity contribution in [3.05, 3.63) is 94.5 Å². The first kappa shape index (κ1) is 25.1. The van der Waals surface area contributed by atoms with E-state index < -0.39 is 18.0 Å². The van der Waals surface area contributed by atoms with Crippen molar-refractivity contribution >= 4 is 11.9 Å². The summed E-state index contributed by atoms with van der Waals surface area (Å²) in [6.07, 6.45) is -0.851. The van der Waals surface area contributed by atoms with Gasteiger partial charge in [0.15, 0.2) is 11.5 Å². The van der Waals surface area contributed by atoms with Crippen LogP contribution in [0.15, 0.2) is 66.7 Å². The zero-order valence-electron chi connectivity index (χ0n) is 20.2. The van der Waals surface area contributed by atoms with Gasteiger partial charge in [0.05, 0.1) is 17.2 Å². The van der Waals surface area contributed by atoms with E-state index in [0.717, 1.165) is 11.1 Å². The highest BCUT2D eigenvalue weighted by atomic mass is 16.6. The van der Waals surface area contributed by atoms with E-state index in [1.807, 2.05) is 58.9 Å². The fourth-order valence-electron chi connectivity index (χ4n) is 3.33. The Kier molecular flexibility index (Phi) is 7.87. The van der Waals surface area contributed by atoms with E-state index in [2.05, 4.69) is 5.32 Å². The van der Waals surface area contributed by atoms with Crippen molar-refractivity contribution in [2.45, 2.75) is 46.3 Å². The van der Waals surface area contributed by atoms with Crippen molar-refractivity contribution < 1.29 is 24.2 Å². The first-order valence-electron chi connectivity index (χ1n) is 11.2. The first-order valence-corrected chi connectivity index (χ1v) is 11.2. The van der Waals surface area contributed by atoms with E-state index in [-0.39, 0.29) is 17.0 Å². The summed E-state index contributed by atoms with van der Waals surface area (Å²) in [6.45, 7) is 9.94. The summed E-state index contributed by atoms with van der Waals surface area (Å²) < 4.78 is 11.3. The van der Waals surface area contributed by atoms with E-state index in [0.29, 0.717) is 23.2 Å². The van der Waals surface area contributed by atoms with E-state index in [9.17, 15) is 14.7 Å². The van der Waals surface area contributed by atoms with Crippen molar-refractivity contribution in [2.75, 3.05) is 6.54 Å². The SMILES string of the molecule is Cc1ccccc1C(=O)Oc1ccc([C@@H](O)CNC(C)(C)C)cc1OC(=O)c1ccccc1C. The van der Waals surface area contributed by atoms with Gasteiger partial charge < -0.3 is 19.9 Å². The second-order valence-corrected chi connectivity index (χ2v) is 9.26. The minimum absolute atomic E-state index is 0.0579. The number of nitrogens with one attached hydrogen (secondary N) is 1. The normalized spacial score (nSPS) is 12.2. The number of rotatable bonds is 7. The van der Waals surface area contributed by atoms with E-state index in [4.69, 9.17) is 9.47 Å². The van der Waals surface area contributed by atoms with Gasteiger partial charge in [-0.1, -0.05) is 42.5 Å². The molecule has 0 spiro atoms. The molecule has 0 bridgehead atoms. The fraction of sp³-hybridized carbons (Fsp3) is 0.286. The molecule has 2 N–H and O–H groups in total. The number of ether oxygens (including phenoxy) is 2. The molecule has 0 saturated carbocycles. The van der Waals surface area contributed by atoms with Gasteiger partial charge in [0.1, 0.15) is 0 Å². The summed E-state index contributed by atoms with van der Waals surface area (Å²) in [5, 5.41) is 13.9. The molecule has 0 amide bonds. The number of aliphatic hydroxyl groups is 1. The van der Waals surface area contributed by atoms with Gasteiger partial charge in [-0.05, 0) is 75.6 Å². The quantitative estimate of drug-likeness (QED) is 0.373. The summed E-state index contributed by atoms with van der Waals surface area (Å²) in [6, 6.07) is 18.9. The number of aliphatic hydroxyl groups excluding tert-OH is 1. The van der Waals surface area contributed by atoms with Gasteiger partial charge in [0.25, 0.3) is 0 Å². The summed E-state index contributed by atoms with van der Waals surface area (Å²) in [7, 11) is 0. The van der Waals surface area contributed by atoms with Crippen molar-refractivity contribution in [1.29, 1.82) is 0 Å². The number of β-amino-alcohol motifs (C(OH)–C–C–N with tert-alkyl or cyclic N) is 1. The maximum Gasteiger partial charge on any atom is 0.343 e. The monoisotopic (exact) mass is 461 g/mol. The molecule has 3 aromatic rings. The standard InChI is InChI=1S/C28H31NO5/c1-18-10-6-8-12-21(18)26(31)33-24-15-14-20(23(30)17-29-28(3,4)5)16-25(24)34-27(32)22-13-9-7-11-19(22)2/h6-16,23,29-30H,17H2,1-5H3/t23-/m0/s1. The van der Waals surface area contributed by atoms with E-state index in [1.54, 1.807) is 30.3 Å². The van der Waals surface area contributed by atoms with Crippen LogP contribution in [0.5, 0.6) is 11.5 Å². The average Bonchev–Trinajstić information content (AvgIpc) is 2.78. The van der Waals surface area contributed by atoms with Crippen molar-refractivity contribution in [3.8, 4) is 11.5 Å². The number of carbonyl (C=O) groups is 2. The number of hydrogen-bond donors (Lipinski definition) is 2. The van der Waals surface area contributed by atoms with Crippen LogP contribution >= 0.6 is 0 Å². The maximum atomic E-state index is 12.9. The lowest BCUT2D eigenvalue weighted by Crippen LogP contribution is -2.38. The Morgan fingerprint density at radius 3 is 1.82 bits per heavy atom. The predicted octanol–water partition coefficient (Wildman–Crippen LogP) is 5.16. The number of carbonyl (C=O) groups excluding carboxylic acids is 2. The molecule has 3 rings (SSSR count). The molecule has 1 atom stereocenters. The molecule has 0 radical (unpaired) electrons. The zero-order chi connectivity index (χ0) is 24.9. The van der Waals surface area contributed by atoms with Gasteiger partial charge in [0, 0.05) is 12.1 Å². The second-order valence-electron chi connectivity index (χ2n) is 9.26. The molecule has 6 nitrogen and oxygen atoms in total. The van der Waals surface area contributed by atoms with Gasteiger partial charge in [-0.2, -0.15) is 0 Å². The Morgan fingerprint density at radius 2 is 1.32 bits per heavy atom. The number of aryl methyl sites for hydroxylation is 2. The minimum Gasteiger partial charge on any atom is -0.419 e. The van der Waals surface area contributed by atoms with Gasteiger partial charge in [-0.15, -0.1) is 0 Å². The predicted molar refractivity (Wildman–Crippen MR) is 131 cm³/mol. The first-order chi connectivity index (χ1) is 16.0. The van der Waals surface area contributed by atoms with Gasteiger partial charge in [-0.25, -0.2) is 9.59 Å². The van der Waals surface area contributed by atoms with Gasteiger partial charge in [0.2, 0.25) is 0 Å². The summed E-state index contributed by atoms with van der Waals surface area (Å²) in [5.74, 6) is -0.989. The highest BCUT2D eigenvalue weighted by molar-refractivity contribution is 5.94. The fourth-order valence-corrected chi connectivity index (χ4v) is 3.33. The van der Waals surface area contributed by atoms with Crippen LogP contribution in [0, 0.1) is 13.8 Å². The number of esters is 2.